The van der Waals surface area contributed by atoms with Crippen LogP contribution in [0.3, 0.4) is 0 Å². The first-order chi connectivity index (χ1) is 10.5. The third kappa shape index (κ3) is 2.48. The Labute approximate surface area is 138 Å². The van der Waals surface area contributed by atoms with E-state index in [1.54, 1.807) is 0 Å². The molecule has 2 aromatic carbocycles. The number of carbonyl (C=O) groups excluding carboxylic acids is 1. The fourth-order valence-corrected chi connectivity index (χ4v) is 4.15. The molecule has 0 saturated heterocycles. The summed E-state index contributed by atoms with van der Waals surface area (Å²) >= 11 is 5.76. The Bertz CT molecular complexity index is 756. The van der Waals surface area contributed by atoms with Crippen molar-refractivity contribution < 1.29 is 15.0 Å². The maximum atomic E-state index is 12.8. The van der Waals surface area contributed by atoms with Crippen LogP contribution >= 0.6 is 24.4 Å². The molecule has 0 saturated carbocycles. The average Bonchev–Trinajstić information content (AvgIpc) is 2.62. The van der Waals surface area contributed by atoms with Crippen LogP contribution in [-0.4, -0.2) is 16.0 Å². The van der Waals surface area contributed by atoms with E-state index in [9.17, 15) is 15.0 Å². The minimum atomic E-state index is -0.260. The predicted octanol–water partition coefficient (Wildman–Crippen LogP) is 4.37. The molecule has 22 heavy (non-hydrogen) atoms. The van der Waals surface area contributed by atoms with E-state index in [0.717, 1.165) is 16.0 Å². The van der Waals surface area contributed by atoms with E-state index in [-0.39, 0.29) is 23.2 Å². The Hall–Kier alpha value is -1.59. The highest BCUT2D eigenvalue weighted by molar-refractivity contribution is 7.99. The van der Waals surface area contributed by atoms with Crippen LogP contribution in [0, 0.1) is 0 Å². The smallest absolute Gasteiger partial charge is 0.171 e. The minimum Gasteiger partial charge on any atom is -0.504 e. The second-order valence-electron chi connectivity index (χ2n) is 5.29. The molecule has 1 aliphatic heterocycles. The number of hydrogen-bond acceptors (Lipinski definition) is 5. The molecule has 2 N–H and O–H groups in total. The van der Waals surface area contributed by atoms with Crippen LogP contribution in [0.1, 0.15) is 40.7 Å². The van der Waals surface area contributed by atoms with Gasteiger partial charge in [0.15, 0.2) is 17.3 Å². The zero-order valence-electron chi connectivity index (χ0n) is 12.0. The average molecular weight is 332 g/mol. The fourth-order valence-electron chi connectivity index (χ4n) is 2.74. The number of phenolic OH excluding ortho intramolecular Hbond substituents is 2. The molecular formula is C17H16O3S2. The van der Waals surface area contributed by atoms with E-state index in [2.05, 4.69) is 12.6 Å². The summed E-state index contributed by atoms with van der Waals surface area (Å²) in [6.45, 7) is 1.98. The Morgan fingerprint density at radius 1 is 1.14 bits per heavy atom. The van der Waals surface area contributed by atoms with Crippen LogP contribution in [0.2, 0.25) is 0 Å². The van der Waals surface area contributed by atoms with Gasteiger partial charge in [-0.3, -0.25) is 4.79 Å². The van der Waals surface area contributed by atoms with Gasteiger partial charge in [0.05, 0.1) is 0 Å². The highest BCUT2D eigenvalue weighted by Gasteiger charge is 2.30. The SMILES string of the molecule is CCC1C(=O)c2cc(O)c(O)cc2Sc2cc(CS)ccc21. The van der Waals surface area contributed by atoms with Gasteiger partial charge >= 0.3 is 0 Å². The summed E-state index contributed by atoms with van der Waals surface area (Å²) in [5.41, 5.74) is 2.55. The first-order valence-electron chi connectivity index (χ1n) is 7.06. The lowest BCUT2D eigenvalue weighted by Crippen LogP contribution is -2.12. The molecule has 0 radical (unpaired) electrons. The Balaban J connectivity index is 2.23. The predicted molar refractivity (Wildman–Crippen MR) is 90.4 cm³/mol. The van der Waals surface area contributed by atoms with Gasteiger partial charge in [-0.05, 0) is 35.7 Å². The normalized spacial score (nSPS) is 16.8. The van der Waals surface area contributed by atoms with Crippen molar-refractivity contribution in [3.63, 3.8) is 0 Å². The summed E-state index contributed by atoms with van der Waals surface area (Å²) in [7, 11) is 0. The number of Topliss-reactive ketones (excluding diaryl/α,β-unsaturated/α-hetero) is 1. The summed E-state index contributed by atoms with van der Waals surface area (Å²) < 4.78 is 0. The number of carbonyl (C=O) groups is 1. The molecule has 1 heterocycles. The molecule has 3 nitrogen and oxygen atoms in total. The van der Waals surface area contributed by atoms with Crippen molar-refractivity contribution in [2.45, 2.75) is 34.8 Å². The van der Waals surface area contributed by atoms with E-state index in [0.29, 0.717) is 22.6 Å². The lowest BCUT2D eigenvalue weighted by atomic mass is 9.88. The molecule has 0 spiro atoms. The fraction of sp³-hybridized carbons (Fsp3) is 0.235. The zero-order valence-corrected chi connectivity index (χ0v) is 13.7. The molecule has 3 rings (SSSR count). The molecule has 1 atom stereocenters. The van der Waals surface area contributed by atoms with Crippen molar-refractivity contribution in [2.24, 2.45) is 0 Å². The summed E-state index contributed by atoms with van der Waals surface area (Å²) in [5.74, 6) is -0.0866. The molecule has 1 unspecified atom stereocenters. The van der Waals surface area contributed by atoms with Crippen molar-refractivity contribution in [1.82, 2.24) is 0 Å². The van der Waals surface area contributed by atoms with Crippen LogP contribution in [-0.2, 0) is 5.75 Å². The molecule has 0 aliphatic carbocycles. The lowest BCUT2D eigenvalue weighted by molar-refractivity contribution is 0.0953. The maximum absolute atomic E-state index is 12.8. The van der Waals surface area contributed by atoms with Gasteiger partial charge < -0.3 is 10.2 Å². The van der Waals surface area contributed by atoms with Gasteiger partial charge in [0, 0.05) is 27.0 Å². The van der Waals surface area contributed by atoms with Crippen LogP contribution < -0.4 is 0 Å². The van der Waals surface area contributed by atoms with Crippen molar-refractivity contribution in [2.75, 3.05) is 0 Å². The maximum Gasteiger partial charge on any atom is 0.171 e. The Kier molecular flexibility index (Phi) is 4.10. The van der Waals surface area contributed by atoms with Gasteiger partial charge in [0.1, 0.15) is 0 Å². The summed E-state index contributed by atoms with van der Waals surface area (Å²) in [6, 6.07) is 8.86. The highest BCUT2D eigenvalue weighted by atomic mass is 32.2. The van der Waals surface area contributed by atoms with Crippen molar-refractivity contribution in [1.29, 1.82) is 0 Å². The van der Waals surface area contributed by atoms with Gasteiger partial charge in [-0.25, -0.2) is 0 Å². The second-order valence-corrected chi connectivity index (χ2v) is 6.69. The molecule has 5 heteroatoms. The van der Waals surface area contributed by atoms with Crippen LogP contribution in [0.4, 0.5) is 0 Å². The van der Waals surface area contributed by atoms with Gasteiger partial charge in [-0.1, -0.05) is 30.8 Å². The highest BCUT2D eigenvalue weighted by Crippen LogP contribution is 2.45. The first-order valence-corrected chi connectivity index (χ1v) is 8.51. The number of aromatic hydroxyl groups is 2. The molecule has 0 fully saturated rings. The number of benzene rings is 2. The van der Waals surface area contributed by atoms with Crippen LogP contribution in [0.5, 0.6) is 11.5 Å². The Morgan fingerprint density at radius 2 is 1.86 bits per heavy atom. The minimum absolute atomic E-state index is 0.0160. The van der Waals surface area contributed by atoms with Gasteiger partial charge in [0.2, 0.25) is 0 Å². The number of rotatable bonds is 2. The molecule has 0 aromatic heterocycles. The van der Waals surface area contributed by atoms with E-state index in [1.807, 2.05) is 25.1 Å². The largest absolute Gasteiger partial charge is 0.504 e. The van der Waals surface area contributed by atoms with Gasteiger partial charge in [-0.2, -0.15) is 12.6 Å². The molecular weight excluding hydrogens is 316 g/mol. The molecule has 1 aliphatic rings. The Morgan fingerprint density at radius 3 is 2.55 bits per heavy atom. The van der Waals surface area contributed by atoms with Crippen molar-refractivity contribution >= 4 is 30.2 Å². The second kappa shape index (κ2) is 5.89. The molecule has 114 valence electrons. The van der Waals surface area contributed by atoms with Gasteiger partial charge in [-0.15, -0.1) is 0 Å². The standard InChI is InChI=1S/C17H16O3S2/c1-2-10-11-4-3-9(8-21)5-15(11)22-16-7-14(19)13(18)6-12(16)17(10)20/h3-7,10,18-19,21H,2,8H2,1H3. The number of thiol groups is 1. The van der Waals surface area contributed by atoms with E-state index in [1.165, 1.54) is 23.9 Å². The summed E-state index contributed by atoms with van der Waals surface area (Å²) in [5, 5.41) is 19.5. The molecule has 2 aromatic rings. The first kappa shape index (κ1) is 15.3. The van der Waals surface area contributed by atoms with E-state index < -0.39 is 0 Å². The number of phenols is 2. The quantitative estimate of drug-likeness (QED) is 0.565. The summed E-state index contributed by atoms with van der Waals surface area (Å²) in [4.78, 5) is 14.5. The van der Waals surface area contributed by atoms with Crippen LogP contribution in [0.25, 0.3) is 0 Å². The summed E-state index contributed by atoms with van der Waals surface area (Å²) in [6.07, 6.45) is 0.688. The van der Waals surface area contributed by atoms with E-state index in [4.69, 9.17) is 0 Å². The van der Waals surface area contributed by atoms with Gasteiger partial charge in [0.25, 0.3) is 0 Å². The van der Waals surface area contributed by atoms with Crippen LogP contribution in [0.15, 0.2) is 40.1 Å². The monoisotopic (exact) mass is 332 g/mol. The number of ketones is 1. The van der Waals surface area contributed by atoms with Crippen molar-refractivity contribution in [3.05, 3.63) is 47.0 Å². The number of fused-ring (bicyclic) bond motifs is 2. The third-order valence-corrected chi connectivity index (χ3v) is 5.42. The topological polar surface area (TPSA) is 57.5 Å². The zero-order chi connectivity index (χ0) is 15.9. The molecule has 0 bridgehead atoms. The molecule has 0 amide bonds. The lowest BCUT2D eigenvalue weighted by Gasteiger charge is -2.15. The third-order valence-electron chi connectivity index (χ3n) is 3.92. The van der Waals surface area contributed by atoms with E-state index >= 15 is 0 Å². The van der Waals surface area contributed by atoms with Crippen molar-refractivity contribution in [3.8, 4) is 11.5 Å². The number of hydrogen-bond donors (Lipinski definition) is 3.